The number of hydrogen-bond donors (Lipinski definition) is 2. The van der Waals surface area contributed by atoms with Crippen LogP contribution in [0.1, 0.15) is 14.5 Å². The molecule has 0 radical (unpaired) electrons. The van der Waals surface area contributed by atoms with Gasteiger partial charge in [0.2, 0.25) is 5.88 Å². The Balaban J connectivity index is 2.61. The van der Waals surface area contributed by atoms with Gasteiger partial charge >= 0.3 is 5.97 Å². The summed E-state index contributed by atoms with van der Waals surface area (Å²) < 4.78 is 28.0. The molecular formula is C7H5N3O4S. The second-order valence-corrected chi connectivity index (χ2v) is 3.27. The number of carbonyl (C=O) groups excluding carboxylic acids is 1. The van der Waals surface area contributed by atoms with E-state index in [2.05, 4.69) is 14.3 Å². The molecule has 0 amide bonds. The lowest BCUT2D eigenvalue weighted by Gasteiger charge is -2.01. The van der Waals surface area contributed by atoms with Crippen LogP contribution in [-0.2, 0) is 4.74 Å². The van der Waals surface area contributed by atoms with Gasteiger partial charge in [-0.15, -0.1) is 5.10 Å². The smallest absolute Gasteiger partial charge is 0.344 e. The summed E-state index contributed by atoms with van der Waals surface area (Å²) in [6, 6.07) is 0. The third kappa shape index (κ3) is 1.34. The number of aromatic nitrogens is 3. The zero-order chi connectivity index (χ0) is 13.5. The van der Waals surface area contributed by atoms with Gasteiger partial charge in [0.05, 0.1) is 11.2 Å². The van der Waals surface area contributed by atoms with Crippen LogP contribution in [0.4, 0.5) is 0 Å². The van der Waals surface area contributed by atoms with Gasteiger partial charge in [0.1, 0.15) is 10.3 Å². The molecule has 0 aliphatic carbocycles. The van der Waals surface area contributed by atoms with Crippen LogP contribution in [0.15, 0.2) is 4.79 Å². The molecule has 0 saturated carbocycles. The van der Waals surface area contributed by atoms with E-state index in [1.165, 1.54) is 0 Å². The number of ether oxygens (including phenoxy) is 1. The van der Waals surface area contributed by atoms with Crippen molar-refractivity contribution in [1.82, 2.24) is 14.6 Å². The van der Waals surface area contributed by atoms with Crippen LogP contribution in [-0.4, -0.2) is 32.7 Å². The van der Waals surface area contributed by atoms with Crippen molar-refractivity contribution in [3.63, 3.8) is 0 Å². The number of fused-ring (bicyclic) bond motifs is 1. The van der Waals surface area contributed by atoms with Gasteiger partial charge < -0.3 is 9.84 Å². The minimum Gasteiger partial charge on any atom is -0.494 e. The minimum absolute atomic E-state index is 0.0366. The van der Waals surface area contributed by atoms with Crippen LogP contribution in [0.5, 0.6) is 5.88 Å². The first-order chi connectivity index (χ1) is 8.29. The van der Waals surface area contributed by atoms with Gasteiger partial charge in [0.15, 0.2) is 5.52 Å². The van der Waals surface area contributed by atoms with Crippen molar-refractivity contribution in [2.75, 3.05) is 7.04 Å². The van der Waals surface area contributed by atoms with E-state index in [0.29, 0.717) is 11.5 Å². The highest BCUT2D eigenvalue weighted by Gasteiger charge is 2.21. The molecule has 0 fully saturated rings. The fraction of sp³-hybridized carbons (Fsp3) is 0.143. The summed E-state index contributed by atoms with van der Waals surface area (Å²) >= 11 is 0.671. The Kier molecular flexibility index (Phi) is 1.44. The Morgan fingerprint density at radius 3 is 3.27 bits per heavy atom. The molecule has 2 aromatic heterocycles. The van der Waals surface area contributed by atoms with E-state index in [0.717, 1.165) is 0 Å². The van der Waals surface area contributed by atoms with Crippen LogP contribution in [0.3, 0.4) is 0 Å². The van der Waals surface area contributed by atoms with Crippen molar-refractivity contribution in [2.45, 2.75) is 0 Å². The monoisotopic (exact) mass is 230 g/mol. The van der Waals surface area contributed by atoms with Gasteiger partial charge in [-0.2, -0.15) is 0 Å². The Bertz CT molecular complexity index is 677. The summed E-state index contributed by atoms with van der Waals surface area (Å²) in [4.78, 5) is 24.9. The van der Waals surface area contributed by atoms with E-state index in [1.807, 2.05) is 4.98 Å². The molecule has 0 aliphatic rings. The van der Waals surface area contributed by atoms with Crippen molar-refractivity contribution in [3.8, 4) is 5.88 Å². The quantitative estimate of drug-likeness (QED) is 0.661. The second kappa shape index (κ2) is 3.31. The Morgan fingerprint density at radius 1 is 1.73 bits per heavy atom. The first-order valence-electron chi connectivity index (χ1n) is 5.10. The summed E-state index contributed by atoms with van der Waals surface area (Å²) in [7, 11) is -2.95. The summed E-state index contributed by atoms with van der Waals surface area (Å²) in [6.45, 7) is 0. The maximum Gasteiger partial charge on any atom is 0.344 e. The lowest BCUT2D eigenvalue weighted by molar-refractivity contribution is 0.0599. The largest absolute Gasteiger partial charge is 0.494 e. The molecule has 2 aromatic rings. The topological polar surface area (TPSA) is 105 Å². The molecule has 0 unspecified atom stereocenters. The number of methoxy groups -OCH3 is 1. The molecule has 2 rings (SSSR count). The number of carbonyl (C=O) groups is 1. The number of nitrogens with zero attached hydrogens (tertiary/aromatic N) is 2. The number of hydrogen-bond acceptors (Lipinski definition) is 7. The van der Waals surface area contributed by atoms with E-state index in [-0.39, 0.29) is 10.2 Å². The van der Waals surface area contributed by atoms with E-state index in [4.69, 9.17) is 4.11 Å². The summed E-state index contributed by atoms with van der Waals surface area (Å²) in [5.74, 6) is -2.08. The zero-order valence-electron chi connectivity index (χ0n) is 9.97. The average Bonchev–Trinajstić information content (AvgIpc) is 2.63. The van der Waals surface area contributed by atoms with E-state index in [9.17, 15) is 14.7 Å². The average molecular weight is 230 g/mol. The molecule has 15 heavy (non-hydrogen) atoms. The molecule has 8 heteroatoms. The highest BCUT2D eigenvalue weighted by atomic mass is 32.1. The third-order valence-corrected chi connectivity index (χ3v) is 2.44. The Labute approximate surface area is 90.7 Å². The Hall–Kier alpha value is -1.96. The first-order valence-corrected chi connectivity index (χ1v) is 4.37. The standard InChI is InChI=1S/C7H5N3O4S/c1-14-7(13)2-4-3(9-10-15-4)6(12)8-5(2)11/h1H3,(H2,8,11,12)/i1D3. The molecule has 0 bridgehead atoms. The van der Waals surface area contributed by atoms with E-state index in [1.54, 1.807) is 0 Å². The van der Waals surface area contributed by atoms with Gasteiger partial charge in [0.25, 0.3) is 5.56 Å². The van der Waals surface area contributed by atoms with Crippen molar-refractivity contribution in [1.29, 1.82) is 0 Å². The number of H-pyrrole nitrogens is 1. The third-order valence-electron chi connectivity index (χ3n) is 1.70. The number of aromatic hydroxyl groups is 1. The molecule has 0 aromatic carbocycles. The highest BCUT2D eigenvalue weighted by Crippen LogP contribution is 2.24. The molecular weight excluding hydrogens is 222 g/mol. The van der Waals surface area contributed by atoms with Crippen molar-refractivity contribution < 1.29 is 18.8 Å². The normalized spacial score (nSPS) is 14.3. The van der Waals surface area contributed by atoms with Gasteiger partial charge in [0, 0.05) is 0 Å². The van der Waals surface area contributed by atoms with Crippen LogP contribution >= 0.6 is 11.5 Å². The zero-order valence-corrected chi connectivity index (χ0v) is 7.79. The van der Waals surface area contributed by atoms with Crippen LogP contribution in [0.25, 0.3) is 10.2 Å². The SMILES string of the molecule is [2H]C([2H])([2H])OC(=O)c1c(O)[nH]c(=O)c2nnsc12. The molecule has 0 saturated heterocycles. The second-order valence-electron chi connectivity index (χ2n) is 2.52. The fourth-order valence-corrected chi connectivity index (χ4v) is 1.78. The highest BCUT2D eigenvalue weighted by molar-refractivity contribution is 7.13. The molecule has 2 N–H and O–H groups in total. The van der Waals surface area contributed by atoms with Gasteiger partial charge in [-0.25, -0.2) is 4.79 Å². The van der Waals surface area contributed by atoms with E-state index >= 15 is 0 Å². The minimum atomic E-state index is -2.95. The maximum absolute atomic E-state index is 11.6. The fourth-order valence-electron chi connectivity index (χ4n) is 1.08. The molecule has 7 nitrogen and oxygen atoms in total. The summed E-state index contributed by atoms with van der Waals surface area (Å²) in [5.41, 5.74) is -1.38. The Morgan fingerprint density at radius 2 is 2.53 bits per heavy atom. The van der Waals surface area contributed by atoms with E-state index < -0.39 is 30.0 Å². The number of pyridine rings is 1. The van der Waals surface area contributed by atoms with Crippen molar-refractivity contribution in [2.24, 2.45) is 0 Å². The molecule has 2 heterocycles. The van der Waals surface area contributed by atoms with Crippen LogP contribution < -0.4 is 5.56 Å². The van der Waals surface area contributed by atoms with Crippen molar-refractivity contribution in [3.05, 3.63) is 15.9 Å². The molecule has 0 atom stereocenters. The lowest BCUT2D eigenvalue weighted by Crippen LogP contribution is -2.11. The first kappa shape index (κ1) is 6.51. The summed E-state index contributed by atoms with van der Waals surface area (Å²) in [5, 5.41) is 13.0. The van der Waals surface area contributed by atoms with Crippen LogP contribution in [0.2, 0.25) is 0 Å². The summed E-state index contributed by atoms with van der Waals surface area (Å²) in [6.07, 6.45) is 0. The maximum atomic E-state index is 11.6. The molecule has 78 valence electrons. The number of aromatic amines is 1. The molecule has 0 aliphatic heterocycles. The lowest BCUT2D eigenvalue weighted by atomic mass is 10.2. The predicted octanol–water partition coefficient (Wildman–Crippen LogP) is -0.128. The van der Waals surface area contributed by atoms with Gasteiger partial charge in [-0.1, -0.05) is 4.49 Å². The van der Waals surface area contributed by atoms with Crippen LogP contribution in [0, 0.1) is 0 Å². The number of esters is 1. The van der Waals surface area contributed by atoms with Gasteiger partial charge in [-0.3, -0.25) is 9.78 Å². The number of nitrogens with one attached hydrogen (secondary N) is 1. The molecule has 0 spiro atoms. The van der Waals surface area contributed by atoms with Gasteiger partial charge in [-0.05, 0) is 11.5 Å². The number of rotatable bonds is 1. The van der Waals surface area contributed by atoms with Crippen molar-refractivity contribution >= 4 is 27.7 Å². The predicted molar refractivity (Wildman–Crippen MR) is 51.0 cm³/mol.